The molecule has 1 aromatic carbocycles. The van der Waals surface area contributed by atoms with E-state index in [1.807, 2.05) is 0 Å². The summed E-state index contributed by atoms with van der Waals surface area (Å²) in [5, 5.41) is 3.75. The monoisotopic (exact) mass is 286 g/mol. The number of fused-ring (bicyclic) bond motifs is 6. The summed E-state index contributed by atoms with van der Waals surface area (Å²) in [4.78, 5) is 2.69. The molecule has 0 spiro atoms. The zero-order valence-electron chi connectivity index (χ0n) is 12.3. The molecule has 4 heterocycles. The molecule has 1 aromatic rings. The lowest BCUT2D eigenvalue weighted by molar-refractivity contribution is 0.0534. The van der Waals surface area contributed by atoms with E-state index < -0.39 is 0 Å². The van der Waals surface area contributed by atoms with Gasteiger partial charge in [-0.05, 0) is 49.8 Å². The molecule has 0 aromatic heterocycles. The second-order valence-corrected chi connectivity index (χ2v) is 6.83. The first-order valence-corrected chi connectivity index (χ1v) is 8.29. The fourth-order valence-corrected chi connectivity index (χ4v) is 4.76. The van der Waals surface area contributed by atoms with Gasteiger partial charge in [0.2, 0.25) is 6.79 Å². The Kier molecular flexibility index (Phi) is 2.70. The molecule has 4 aliphatic heterocycles. The van der Waals surface area contributed by atoms with E-state index in [4.69, 9.17) is 9.47 Å². The van der Waals surface area contributed by atoms with Crippen LogP contribution in [0.4, 0.5) is 0 Å². The summed E-state index contributed by atoms with van der Waals surface area (Å²) in [6.07, 6.45) is 5.09. The zero-order valence-corrected chi connectivity index (χ0v) is 12.3. The van der Waals surface area contributed by atoms with Crippen LogP contribution in [0.2, 0.25) is 0 Å². The molecule has 0 saturated carbocycles. The topological polar surface area (TPSA) is 33.7 Å². The molecule has 2 fully saturated rings. The number of nitrogens with zero attached hydrogens (tertiary/aromatic N) is 1. The van der Waals surface area contributed by atoms with E-state index in [2.05, 4.69) is 22.3 Å². The molecule has 0 radical (unpaired) electrons. The summed E-state index contributed by atoms with van der Waals surface area (Å²) in [5.41, 5.74) is 2.89. The Morgan fingerprint density at radius 3 is 3.24 bits per heavy atom. The van der Waals surface area contributed by atoms with Gasteiger partial charge in [0.15, 0.2) is 11.5 Å². The van der Waals surface area contributed by atoms with Crippen molar-refractivity contribution in [2.24, 2.45) is 5.92 Å². The van der Waals surface area contributed by atoms with E-state index in [0.717, 1.165) is 23.8 Å². The van der Waals surface area contributed by atoms with Gasteiger partial charge in [0.1, 0.15) is 0 Å². The summed E-state index contributed by atoms with van der Waals surface area (Å²) >= 11 is 0. The van der Waals surface area contributed by atoms with Gasteiger partial charge in [0, 0.05) is 30.7 Å². The Balaban J connectivity index is 1.55. The van der Waals surface area contributed by atoms with Crippen molar-refractivity contribution in [1.29, 1.82) is 0 Å². The molecular formula is C17H22N2O2. The van der Waals surface area contributed by atoms with E-state index in [1.165, 1.54) is 50.0 Å². The summed E-state index contributed by atoms with van der Waals surface area (Å²) in [6.45, 7) is 4.00. The number of hydrogen-bond donors (Lipinski definition) is 1. The van der Waals surface area contributed by atoms with Crippen molar-refractivity contribution in [1.82, 2.24) is 10.2 Å². The third-order valence-electron chi connectivity index (χ3n) is 5.78. The van der Waals surface area contributed by atoms with Gasteiger partial charge in [-0.1, -0.05) is 6.07 Å². The second kappa shape index (κ2) is 4.62. The number of ether oxygens (including phenoxy) is 2. The van der Waals surface area contributed by atoms with Crippen LogP contribution in [0.1, 0.15) is 36.4 Å². The van der Waals surface area contributed by atoms with Crippen LogP contribution in [0, 0.1) is 5.92 Å². The van der Waals surface area contributed by atoms with Crippen LogP contribution < -0.4 is 14.8 Å². The molecule has 4 aliphatic rings. The summed E-state index contributed by atoms with van der Waals surface area (Å²) in [5.74, 6) is 2.80. The molecule has 4 heteroatoms. The standard InChI is InChI=1S/C17H22N2O2/c1-2-12-9-19-7-5-11-3-4-15-17(21-10-20-15)16(11)14(19)8-13(12)18-6-1/h3-4,12-14,18H,1-2,5-10H2/t12-,13+,14+/m0/s1. The molecule has 0 amide bonds. The quantitative estimate of drug-likeness (QED) is 0.792. The maximum atomic E-state index is 5.81. The number of rotatable bonds is 0. The predicted octanol–water partition coefficient (Wildman–Crippen LogP) is 2.09. The molecule has 4 nitrogen and oxygen atoms in total. The first kappa shape index (κ1) is 12.3. The number of nitrogens with one attached hydrogen (secondary N) is 1. The summed E-state index contributed by atoms with van der Waals surface area (Å²) < 4.78 is 11.4. The minimum absolute atomic E-state index is 0.378. The van der Waals surface area contributed by atoms with Crippen molar-refractivity contribution in [2.75, 3.05) is 26.4 Å². The highest BCUT2D eigenvalue weighted by Crippen LogP contribution is 2.48. The molecule has 1 N–H and O–H groups in total. The van der Waals surface area contributed by atoms with Crippen molar-refractivity contribution < 1.29 is 9.47 Å². The third kappa shape index (κ3) is 1.82. The van der Waals surface area contributed by atoms with Crippen LogP contribution in [0.3, 0.4) is 0 Å². The van der Waals surface area contributed by atoms with Crippen molar-refractivity contribution in [3.8, 4) is 11.5 Å². The fraction of sp³-hybridized carbons (Fsp3) is 0.647. The van der Waals surface area contributed by atoms with Crippen LogP contribution in [0.15, 0.2) is 12.1 Å². The van der Waals surface area contributed by atoms with Crippen LogP contribution in [-0.2, 0) is 6.42 Å². The van der Waals surface area contributed by atoms with Crippen molar-refractivity contribution in [2.45, 2.75) is 37.8 Å². The molecule has 0 bridgehead atoms. The number of piperidine rings is 2. The predicted molar refractivity (Wildman–Crippen MR) is 79.7 cm³/mol. The van der Waals surface area contributed by atoms with Crippen LogP contribution in [0.25, 0.3) is 0 Å². The van der Waals surface area contributed by atoms with E-state index in [1.54, 1.807) is 0 Å². The third-order valence-corrected chi connectivity index (χ3v) is 5.78. The Morgan fingerprint density at radius 1 is 1.24 bits per heavy atom. The lowest BCUT2D eigenvalue weighted by atomic mass is 9.77. The highest BCUT2D eigenvalue weighted by molar-refractivity contribution is 5.54. The van der Waals surface area contributed by atoms with E-state index >= 15 is 0 Å². The van der Waals surface area contributed by atoms with Gasteiger partial charge in [-0.3, -0.25) is 4.90 Å². The molecule has 0 unspecified atom stereocenters. The lowest BCUT2D eigenvalue weighted by Gasteiger charge is -2.49. The zero-order chi connectivity index (χ0) is 13.8. The average molecular weight is 286 g/mol. The molecule has 2 saturated heterocycles. The summed E-state index contributed by atoms with van der Waals surface area (Å²) in [7, 11) is 0. The van der Waals surface area contributed by atoms with Gasteiger partial charge in [-0.15, -0.1) is 0 Å². The summed E-state index contributed by atoms with van der Waals surface area (Å²) in [6, 6.07) is 5.53. The molecule has 3 atom stereocenters. The van der Waals surface area contributed by atoms with Gasteiger partial charge >= 0.3 is 0 Å². The van der Waals surface area contributed by atoms with Crippen molar-refractivity contribution in [3.05, 3.63) is 23.3 Å². The highest BCUT2D eigenvalue weighted by atomic mass is 16.7. The number of benzene rings is 1. The van der Waals surface area contributed by atoms with Gasteiger partial charge < -0.3 is 14.8 Å². The molecule has 112 valence electrons. The van der Waals surface area contributed by atoms with E-state index in [0.29, 0.717) is 18.9 Å². The van der Waals surface area contributed by atoms with E-state index in [9.17, 15) is 0 Å². The Bertz CT molecular complexity index is 574. The average Bonchev–Trinajstić information content (AvgIpc) is 3.01. The SMILES string of the molecule is c1cc2c(c3c1CCN1C[C@@H]4CCCN[C@@H]4C[C@H]31)OCO2. The normalized spacial score (nSPS) is 34.0. The fourth-order valence-electron chi connectivity index (χ4n) is 4.76. The minimum Gasteiger partial charge on any atom is -0.454 e. The minimum atomic E-state index is 0.378. The van der Waals surface area contributed by atoms with Gasteiger partial charge in [0.25, 0.3) is 0 Å². The van der Waals surface area contributed by atoms with Crippen LogP contribution in [0.5, 0.6) is 11.5 Å². The Labute approximate surface area is 125 Å². The lowest BCUT2D eigenvalue weighted by Crippen LogP contribution is -2.54. The first-order valence-electron chi connectivity index (χ1n) is 8.29. The second-order valence-electron chi connectivity index (χ2n) is 6.83. The van der Waals surface area contributed by atoms with Gasteiger partial charge in [-0.2, -0.15) is 0 Å². The maximum Gasteiger partial charge on any atom is 0.231 e. The molecule has 5 rings (SSSR count). The molecular weight excluding hydrogens is 264 g/mol. The van der Waals surface area contributed by atoms with Crippen molar-refractivity contribution in [3.63, 3.8) is 0 Å². The smallest absolute Gasteiger partial charge is 0.231 e. The van der Waals surface area contributed by atoms with Gasteiger partial charge in [-0.25, -0.2) is 0 Å². The Morgan fingerprint density at radius 2 is 2.24 bits per heavy atom. The maximum absolute atomic E-state index is 5.81. The van der Waals surface area contributed by atoms with E-state index in [-0.39, 0.29) is 0 Å². The molecule has 0 aliphatic carbocycles. The number of hydrogen-bond acceptors (Lipinski definition) is 4. The van der Waals surface area contributed by atoms with Crippen LogP contribution >= 0.6 is 0 Å². The van der Waals surface area contributed by atoms with Gasteiger partial charge in [0.05, 0.1) is 0 Å². The Hall–Kier alpha value is -1.26. The molecule has 21 heavy (non-hydrogen) atoms. The highest BCUT2D eigenvalue weighted by Gasteiger charge is 2.41. The van der Waals surface area contributed by atoms with Crippen molar-refractivity contribution >= 4 is 0 Å². The largest absolute Gasteiger partial charge is 0.454 e. The first-order chi connectivity index (χ1) is 10.4. The van der Waals surface area contributed by atoms with Crippen LogP contribution in [-0.4, -0.2) is 37.4 Å².